The van der Waals surface area contributed by atoms with E-state index in [4.69, 9.17) is 14.6 Å². The van der Waals surface area contributed by atoms with Gasteiger partial charge in [0.05, 0.1) is 12.7 Å². The molecule has 0 aromatic carbocycles. The fraction of sp³-hybridized carbons (Fsp3) is 0.375. The molecule has 0 unspecified atom stereocenters. The lowest BCUT2D eigenvalue weighted by Gasteiger charge is -2.04. The van der Waals surface area contributed by atoms with Crippen LogP contribution in [-0.2, 0) is 0 Å². The lowest BCUT2D eigenvalue weighted by atomic mass is 10.1. The van der Waals surface area contributed by atoms with E-state index in [2.05, 4.69) is 4.98 Å². The Balaban J connectivity index is 2.78. The van der Waals surface area contributed by atoms with Gasteiger partial charge in [0, 0.05) is 0 Å². The van der Waals surface area contributed by atoms with Crippen LogP contribution in [0, 0.1) is 0 Å². The first-order valence-corrected chi connectivity index (χ1v) is 3.61. The van der Waals surface area contributed by atoms with Gasteiger partial charge in [0.2, 0.25) is 0 Å². The molecule has 0 amide bonds. The van der Waals surface area contributed by atoms with Gasteiger partial charge in [-0.15, -0.1) is 0 Å². The topological polar surface area (TPSA) is 66.5 Å². The highest BCUT2D eigenvalue weighted by Gasteiger charge is 2.03. The second kappa shape index (κ2) is 4.04. The quantitative estimate of drug-likeness (QED) is 0.688. The van der Waals surface area contributed by atoms with Crippen molar-refractivity contribution in [1.29, 1.82) is 0 Å². The van der Waals surface area contributed by atoms with Crippen LogP contribution in [0.5, 0.6) is 0 Å². The van der Waals surface area contributed by atoms with Crippen LogP contribution in [0.15, 0.2) is 22.6 Å². The lowest BCUT2D eigenvalue weighted by Crippen LogP contribution is -2.07. The van der Waals surface area contributed by atoms with Crippen LogP contribution in [0.3, 0.4) is 0 Å². The molecule has 0 saturated heterocycles. The van der Waals surface area contributed by atoms with Crippen LogP contribution in [0.4, 0.5) is 0 Å². The van der Waals surface area contributed by atoms with E-state index >= 15 is 0 Å². The molecule has 4 heteroatoms. The Bertz CT molecular complexity index is 251. The van der Waals surface area contributed by atoms with Gasteiger partial charge in [0.15, 0.2) is 6.39 Å². The molecule has 4 nitrogen and oxygen atoms in total. The third-order valence-corrected chi connectivity index (χ3v) is 1.50. The van der Waals surface area contributed by atoms with Crippen molar-refractivity contribution >= 4 is 6.08 Å². The number of rotatable bonds is 3. The molecule has 0 aliphatic rings. The maximum absolute atomic E-state index is 9.12. The average Bonchev–Trinajstić information content (AvgIpc) is 2.51. The zero-order chi connectivity index (χ0) is 8.97. The normalized spacial score (nSPS) is 14.8. The summed E-state index contributed by atoms with van der Waals surface area (Å²) in [5.74, 6) is 0. The minimum atomic E-state index is -0.660. The van der Waals surface area contributed by atoms with Crippen LogP contribution in [0.2, 0.25) is 0 Å². The van der Waals surface area contributed by atoms with Crippen molar-refractivity contribution in [1.82, 2.24) is 4.98 Å². The molecule has 2 N–H and O–H groups in total. The van der Waals surface area contributed by atoms with Gasteiger partial charge in [0.25, 0.3) is 0 Å². The van der Waals surface area contributed by atoms with Crippen LogP contribution in [0.25, 0.3) is 6.08 Å². The van der Waals surface area contributed by atoms with Gasteiger partial charge in [-0.05, 0) is 18.6 Å². The van der Waals surface area contributed by atoms with E-state index in [0.717, 1.165) is 0 Å². The van der Waals surface area contributed by atoms with E-state index in [-0.39, 0.29) is 6.61 Å². The summed E-state index contributed by atoms with van der Waals surface area (Å²) in [6, 6.07) is 0. The SMILES string of the molecule is C[C@@H](O)C(=Cc1cocn1)CO. The maximum atomic E-state index is 9.12. The Morgan fingerprint density at radius 1 is 1.83 bits per heavy atom. The molecule has 0 saturated carbocycles. The van der Waals surface area contributed by atoms with Gasteiger partial charge in [-0.3, -0.25) is 0 Å². The van der Waals surface area contributed by atoms with E-state index < -0.39 is 6.10 Å². The Morgan fingerprint density at radius 3 is 3.00 bits per heavy atom. The Hall–Kier alpha value is -1.13. The van der Waals surface area contributed by atoms with Crippen molar-refractivity contribution in [2.24, 2.45) is 0 Å². The predicted molar refractivity (Wildman–Crippen MR) is 43.2 cm³/mol. The molecule has 66 valence electrons. The summed E-state index contributed by atoms with van der Waals surface area (Å²) < 4.78 is 4.72. The Kier molecular flexibility index (Phi) is 3.01. The molecular formula is C8H11NO3. The molecule has 0 spiro atoms. The van der Waals surface area contributed by atoms with Crippen LogP contribution < -0.4 is 0 Å². The van der Waals surface area contributed by atoms with Crippen molar-refractivity contribution in [2.75, 3.05) is 6.61 Å². The molecule has 0 fully saturated rings. The molecule has 1 heterocycles. The second-order valence-electron chi connectivity index (χ2n) is 2.47. The molecule has 1 atom stereocenters. The third-order valence-electron chi connectivity index (χ3n) is 1.50. The fourth-order valence-corrected chi connectivity index (χ4v) is 0.781. The van der Waals surface area contributed by atoms with Crippen molar-refractivity contribution in [3.63, 3.8) is 0 Å². The van der Waals surface area contributed by atoms with Crippen molar-refractivity contribution in [3.05, 3.63) is 23.9 Å². The maximum Gasteiger partial charge on any atom is 0.181 e. The largest absolute Gasteiger partial charge is 0.451 e. The molecule has 0 radical (unpaired) electrons. The van der Waals surface area contributed by atoms with Crippen LogP contribution in [0.1, 0.15) is 12.6 Å². The number of aliphatic hydroxyl groups excluding tert-OH is 2. The Morgan fingerprint density at radius 2 is 2.58 bits per heavy atom. The minimum absolute atomic E-state index is 0.176. The second-order valence-corrected chi connectivity index (χ2v) is 2.47. The lowest BCUT2D eigenvalue weighted by molar-refractivity contribution is 0.206. The fourth-order valence-electron chi connectivity index (χ4n) is 0.781. The van der Waals surface area contributed by atoms with Gasteiger partial charge in [-0.1, -0.05) is 0 Å². The van der Waals surface area contributed by atoms with Gasteiger partial charge in [-0.25, -0.2) is 4.98 Å². The first kappa shape index (κ1) is 8.96. The molecule has 1 aromatic heterocycles. The molecule has 0 aliphatic carbocycles. The number of aromatic nitrogens is 1. The van der Waals surface area contributed by atoms with E-state index in [9.17, 15) is 0 Å². The number of hydrogen-bond donors (Lipinski definition) is 2. The first-order valence-electron chi connectivity index (χ1n) is 3.61. The highest BCUT2D eigenvalue weighted by atomic mass is 16.3. The van der Waals surface area contributed by atoms with Crippen molar-refractivity contribution in [2.45, 2.75) is 13.0 Å². The minimum Gasteiger partial charge on any atom is -0.451 e. The van der Waals surface area contributed by atoms with Crippen LogP contribution >= 0.6 is 0 Å². The van der Waals surface area contributed by atoms with E-state index in [1.165, 1.54) is 12.7 Å². The molecular weight excluding hydrogens is 158 g/mol. The van der Waals surface area contributed by atoms with Crippen molar-refractivity contribution < 1.29 is 14.6 Å². The summed E-state index contributed by atoms with van der Waals surface area (Å²) in [5.41, 5.74) is 1.11. The molecule has 12 heavy (non-hydrogen) atoms. The predicted octanol–water partition coefficient (Wildman–Crippen LogP) is 0.431. The molecule has 1 rings (SSSR count). The highest BCUT2D eigenvalue weighted by Crippen LogP contribution is 2.07. The number of hydrogen-bond acceptors (Lipinski definition) is 4. The summed E-state index contributed by atoms with van der Waals surface area (Å²) in [5, 5.41) is 17.9. The summed E-state index contributed by atoms with van der Waals surface area (Å²) in [7, 11) is 0. The summed E-state index contributed by atoms with van der Waals surface area (Å²) in [4.78, 5) is 3.82. The zero-order valence-corrected chi connectivity index (χ0v) is 6.77. The summed E-state index contributed by atoms with van der Waals surface area (Å²) in [6.07, 6.45) is 3.67. The van der Waals surface area contributed by atoms with Crippen LogP contribution in [-0.4, -0.2) is 27.9 Å². The van der Waals surface area contributed by atoms with E-state index in [1.807, 2.05) is 0 Å². The highest BCUT2D eigenvalue weighted by molar-refractivity contribution is 5.48. The zero-order valence-electron chi connectivity index (χ0n) is 6.77. The molecule has 0 bridgehead atoms. The van der Waals surface area contributed by atoms with E-state index in [1.54, 1.807) is 13.0 Å². The summed E-state index contributed by atoms with van der Waals surface area (Å²) >= 11 is 0. The Labute approximate surface area is 70.2 Å². The summed E-state index contributed by atoms with van der Waals surface area (Å²) in [6.45, 7) is 1.41. The van der Waals surface area contributed by atoms with Gasteiger partial charge >= 0.3 is 0 Å². The van der Waals surface area contributed by atoms with Crippen molar-refractivity contribution in [3.8, 4) is 0 Å². The average molecular weight is 169 g/mol. The van der Waals surface area contributed by atoms with Gasteiger partial charge in [-0.2, -0.15) is 0 Å². The van der Waals surface area contributed by atoms with Gasteiger partial charge in [0.1, 0.15) is 12.0 Å². The smallest absolute Gasteiger partial charge is 0.181 e. The van der Waals surface area contributed by atoms with Gasteiger partial charge < -0.3 is 14.6 Å². The number of nitrogens with zero attached hydrogens (tertiary/aromatic N) is 1. The monoisotopic (exact) mass is 169 g/mol. The molecule has 0 aliphatic heterocycles. The number of aliphatic hydroxyl groups is 2. The third kappa shape index (κ3) is 2.18. The molecule has 1 aromatic rings. The first-order chi connectivity index (χ1) is 5.74. The van der Waals surface area contributed by atoms with E-state index in [0.29, 0.717) is 11.3 Å². The number of oxazole rings is 1. The standard InChI is InChI=1S/C8H11NO3/c1-6(11)7(3-10)2-8-4-12-5-9-8/h2,4-6,10-11H,3H2,1H3/t6-/m1/s1.